The van der Waals surface area contributed by atoms with Crippen LogP contribution in [0.15, 0.2) is 54.6 Å². The van der Waals surface area contributed by atoms with Crippen molar-refractivity contribution in [3.63, 3.8) is 0 Å². The molecular weight excluding hydrogens is 326 g/mol. The number of nitrogens with one attached hydrogen (secondary N) is 1. The highest BCUT2D eigenvalue weighted by Gasteiger charge is 2.18. The van der Waals surface area contributed by atoms with E-state index in [0.717, 1.165) is 31.6 Å². The second-order valence-electron chi connectivity index (χ2n) is 6.67. The lowest BCUT2D eigenvalue weighted by molar-refractivity contribution is -0.114. The molecule has 0 radical (unpaired) electrons. The number of carbonyl (C=O) groups is 2. The first-order valence-corrected chi connectivity index (χ1v) is 9.09. The van der Waals surface area contributed by atoms with Crippen LogP contribution in [0, 0.1) is 0 Å². The van der Waals surface area contributed by atoms with E-state index in [1.54, 1.807) is 6.07 Å². The summed E-state index contributed by atoms with van der Waals surface area (Å²) >= 11 is 0. The summed E-state index contributed by atoms with van der Waals surface area (Å²) in [6.07, 6.45) is 3.32. The van der Waals surface area contributed by atoms with E-state index in [2.05, 4.69) is 5.32 Å². The minimum absolute atomic E-state index is 0.0437. The molecule has 136 valence electrons. The van der Waals surface area contributed by atoms with Crippen molar-refractivity contribution in [1.82, 2.24) is 4.90 Å². The number of rotatable bonds is 5. The minimum atomic E-state index is -0.112. The van der Waals surface area contributed by atoms with Gasteiger partial charge in [0.1, 0.15) is 0 Å². The third-order valence-electron chi connectivity index (χ3n) is 4.61. The summed E-state index contributed by atoms with van der Waals surface area (Å²) in [5.74, 6) is -0.0684. The number of carbonyl (C=O) groups excluding carboxylic acids is 2. The Hall–Kier alpha value is -2.82. The van der Waals surface area contributed by atoms with Crippen molar-refractivity contribution in [3.05, 3.63) is 60.2 Å². The number of hydrogen-bond acceptors (Lipinski definition) is 3. The van der Waals surface area contributed by atoms with Gasteiger partial charge in [-0.25, -0.2) is 0 Å². The quantitative estimate of drug-likeness (QED) is 0.898. The highest BCUT2D eigenvalue weighted by molar-refractivity contribution is 5.98. The Morgan fingerprint density at radius 1 is 1.00 bits per heavy atom. The minimum Gasteiger partial charge on any atom is -0.365 e. The Kier molecular flexibility index (Phi) is 5.89. The smallest absolute Gasteiger partial charge is 0.253 e. The Morgan fingerprint density at radius 2 is 1.73 bits per heavy atom. The summed E-state index contributed by atoms with van der Waals surface area (Å²) in [7, 11) is 1.88. The molecule has 0 saturated carbocycles. The number of benzene rings is 2. The van der Waals surface area contributed by atoms with E-state index >= 15 is 0 Å². The Morgan fingerprint density at radius 3 is 2.46 bits per heavy atom. The molecule has 0 bridgehead atoms. The molecule has 0 aliphatic carbocycles. The fraction of sp³-hybridized carbons (Fsp3) is 0.333. The monoisotopic (exact) mass is 351 g/mol. The molecule has 26 heavy (non-hydrogen) atoms. The lowest BCUT2D eigenvalue weighted by Crippen LogP contribution is -2.35. The van der Waals surface area contributed by atoms with Crippen LogP contribution in [0.3, 0.4) is 0 Å². The van der Waals surface area contributed by atoms with Crippen LogP contribution in [0.5, 0.6) is 0 Å². The van der Waals surface area contributed by atoms with Crippen molar-refractivity contribution in [3.8, 4) is 0 Å². The largest absolute Gasteiger partial charge is 0.365 e. The van der Waals surface area contributed by atoms with E-state index in [1.807, 2.05) is 65.4 Å². The zero-order chi connectivity index (χ0) is 18.4. The lowest BCUT2D eigenvalue weighted by Gasteiger charge is -2.26. The number of likely N-dealkylation sites (N-methyl/N-ethyl adjacent to an activating group) is 1. The average molecular weight is 351 g/mol. The predicted molar refractivity (Wildman–Crippen MR) is 105 cm³/mol. The summed E-state index contributed by atoms with van der Waals surface area (Å²) in [5.41, 5.74) is 2.26. The maximum atomic E-state index is 12.6. The Balaban J connectivity index is 1.61. The summed E-state index contributed by atoms with van der Waals surface area (Å²) in [6.45, 7) is 1.88. The molecule has 1 aliphatic rings. The summed E-state index contributed by atoms with van der Waals surface area (Å²) in [5, 5.41) is 2.89. The zero-order valence-electron chi connectivity index (χ0n) is 15.1. The third-order valence-corrected chi connectivity index (χ3v) is 4.61. The van der Waals surface area contributed by atoms with Crippen molar-refractivity contribution < 1.29 is 9.59 Å². The van der Waals surface area contributed by atoms with Gasteiger partial charge in [0.25, 0.3) is 5.91 Å². The Labute approximate surface area is 154 Å². The predicted octanol–water partition coefficient (Wildman–Crippen LogP) is 3.39. The first-order chi connectivity index (χ1) is 12.6. The summed E-state index contributed by atoms with van der Waals surface area (Å²) in [4.78, 5) is 28.7. The number of anilines is 2. The van der Waals surface area contributed by atoms with Gasteiger partial charge < -0.3 is 15.1 Å². The van der Waals surface area contributed by atoms with Gasteiger partial charge in [-0.15, -0.1) is 0 Å². The molecule has 1 heterocycles. The van der Waals surface area contributed by atoms with Gasteiger partial charge in [0.2, 0.25) is 5.91 Å². The molecule has 0 aromatic heterocycles. The van der Waals surface area contributed by atoms with Gasteiger partial charge in [0, 0.05) is 37.1 Å². The molecule has 3 rings (SSSR count). The average Bonchev–Trinajstić information content (AvgIpc) is 2.69. The van der Waals surface area contributed by atoms with E-state index in [0.29, 0.717) is 11.3 Å². The van der Waals surface area contributed by atoms with Crippen molar-refractivity contribution in [2.75, 3.05) is 36.9 Å². The van der Waals surface area contributed by atoms with Gasteiger partial charge >= 0.3 is 0 Å². The standard InChI is InChI=1S/C21H25N3O2/c1-23(19-11-4-2-5-12-19)16-20(25)22-18-10-8-9-17(15-18)21(26)24-13-6-3-7-14-24/h2,4-5,8-12,15H,3,6-7,13-14,16H2,1H3,(H,22,25). The van der Waals surface area contributed by atoms with Gasteiger partial charge in [0.15, 0.2) is 0 Å². The van der Waals surface area contributed by atoms with Gasteiger partial charge in [0.05, 0.1) is 6.54 Å². The Bertz CT molecular complexity index is 755. The summed E-state index contributed by atoms with van der Waals surface area (Å²) in [6, 6.07) is 17.0. The van der Waals surface area contributed by atoms with Gasteiger partial charge in [-0.2, -0.15) is 0 Å². The first-order valence-electron chi connectivity index (χ1n) is 9.09. The molecule has 1 N–H and O–H groups in total. The van der Waals surface area contributed by atoms with E-state index in [1.165, 1.54) is 6.42 Å². The highest BCUT2D eigenvalue weighted by atomic mass is 16.2. The van der Waals surface area contributed by atoms with E-state index in [9.17, 15) is 9.59 Å². The molecule has 5 heteroatoms. The van der Waals surface area contributed by atoms with Crippen molar-refractivity contribution in [1.29, 1.82) is 0 Å². The first kappa shape index (κ1) is 18.0. The van der Waals surface area contributed by atoms with Crippen LogP contribution in [-0.4, -0.2) is 43.4 Å². The SMILES string of the molecule is CN(CC(=O)Nc1cccc(C(=O)N2CCCCC2)c1)c1ccccc1. The lowest BCUT2D eigenvalue weighted by atomic mass is 10.1. The van der Waals surface area contributed by atoms with Gasteiger partial charge in [-0.3, -0.25) is 9.59 Å². The van der Waals surface area contributed by atoms with Crippen LogP contribution in [0.1, 0.15) is 29.6 Å². The number of piperidine rings is 1. The summed E-state index contributed by atoms with van der Waals surface area (Å²) < 4.78 is 0. The maximum Gasteiger partial charge on any atom is 0.253 e. The molecule has 1 fully saturated rings. The fourth-order valence-electron chi connectivity index (χ4n) is 3.20. The van der Waals surface area contributed by atoms with Gasteiger partial charge in [-0.05, 0) is 49.6 Å². The second-order valence-corrected chi connectivity index (χ2v) is 6.67. The fourth-order valence-corrected chi connectivity index (χ4v) is 3.20. The van der Waals surface area contributed by atoms with Crippen molar-refractivity contribution >= 4 is 23.2 Å². The van der Waals surface area contributed by atoms with E-state index < -0.39 is 0 Å². The van der Waals surface area contributed by atoms with Crippen molar-refractivity contribution in [2.45, 2.75) is 19.3 Å². The van der Waals surface area contributed by atoms with Gasteiger partial charge in [-0.1, -0.05) is 24.3 Å². The number of para-hydroxylation sites is 1. The second kappa shape index (κ2) is 8.52. The number of nitrogens with zero attached hydrogens (tertiary/aromatic N) is 2. The van der Waals surface area contributed by atoms with Crippen molar-refractivity contribution in [2.24, 2.45) is 0 Å². The molecule has 2 amide bonds. The van der Waals surface area contributed by atoms with Crippen LogP contribution in [0.2, 0.25) is 0 Å². The number of amides is 2. The molecule has 1 aliphatic heterocycles. The van der Waals surface area contributed by atoms with Crippen LogP contribution >= 0.6 is 0 Å². The normalized spacial score (nSPS) is 14.0. The zero-order valence-corrected chi connectivity index (χ0v) is 15.1. The molecule has 2 aromatic rings. The topological polar surface area (TPSA) is 52.7 Å². The van der Waals surface area contributed by atoms with E-state index in [-0.39, 0.29) is 18.4 Å². The number of likely N-dealkylation sites (tertiary alicyclic amines) is 1. The molecule has 1 saturated heterocycles. The van der Waals surface area contributed by atoms with Crippen LogP contribution < -0.4 is 10.2 Å². The molecule has 0 spiro atoms. The molecular formula is C21H25N3O2. The van der Waals surface area contributed by atoms with Crippen LogP contribution in [0.25, 0.3) is 0 Å². The molecule has 0 unspecified atom stereocenters. The van der Waals surface area contributed by atoms with Crippen LogP contribution in [-0.2, 0) is 4.79 Å². The molecule has 2 aromatic carbocycles. The van der Waals surface area contributed by atoms with E-state index in [4.69, 9.17) is 0 Å². The maximum absolute atomic E-state index is 12.6. The number of hydrogen-bond donors (Lipinski definition) is 1. The van der Waals surface area contributed by atoms with Crippen LogP contribution in [0.4, 0.5) is 11.4 Å². The molecule has 5 nitrogen and oxygen atoms in total. The molecule has 0 atom stereocenters. The third kappa shape index (κ3) is 4.63. The highest BCUT2D eigenvalue weighted by Crippen LogP contribution is 2.17.